The van der Waals surface area contributed by atoms with Crippen LogP contribution in [0.2, 0.25) is 0 Å². The Bertz CT molecular complexity index is 750. The van der Waals surface area contributed by atoms with Crippen molar-refractivity contribution < 1.29 is 64.5 Å². The first kappa shape index (κ1) is 30.6. The van der Waals surface area contributed by atoms with Crippen molar-refractivity contribution in [2.24, 2.45) is 17.2 Å². The maximum Gasteiger partial charge on any atom is 0.176 e. The quantitative estimate of drug-likeness (QED) is 0.121. The fraction of sp³-hybridized carbons (Fsp3) is 0.905. The van der Waals surface area contributed by atoms with E-state index in [0.717, 1.165) is 0 Å². The number of ether oxygens (including phenoxy) is 5. The van der Waals surface area contributed by atoms with Crippen molar-refractivity contribution in [3.8, 4) is 0 Å². The first-order chi connectivity index (χ1) is 17.5. The molecule has 3 fully saturated rings. The average Bonchev–Trinajstić information content (AvgIpc) is 2.89. The Morgan fingerprint density at radius 3 is 1.81 bits per heavy atom. The van der Waals surface area contributed by atoms with Crippen molar-refractivity contribution in [3.05, 3.63) is 12.7 Å². The Labute approximate surface area is 212 Å². The molecule has 0 radical (unpaired) electrons. The second kappa shape index (κ2) is 12.5. The molecule has 3 rings (SSSR count). The normalized spacial score (nSPS) is 51.1. The molecule has 0 aromatic rings. The number of nitrogens with two attached hydrogens (primary N) is 3. The molecule has 0 aliphatic carbocycles. The van der Waals surface area contributed by atoms with Crippen molar-refractivity contribution in [2.75, 3.05) is 19.8 Å². The molecule has 15 atom stereocenters. The van der Waals surface area contributed by atoms with Gasteiger partial charge in [0, 0.05) is 0 Å². The van der Waals surface area contributed by atoms with Crippen LogP contribution in [-0.2, 0) is 23.7 Å². The lowest BCUT2D eigenvalue weighted by Gasteiger charge is -2.51. The van der Waals surface area contributed by atoms with Crippen molar-refractivity contribution in [1.82, 2.24) is 0 Å². The highest BCUT2D eigenvalue weighted by molar-refractivity contribution is 5.05. The van der Waals surface area contributed by atoms with Crippen LogP contribution < -0.4 is 17.2 Å². The molecule has 0 saturated carbocycles. The van der Waals surface area contributed by atoms with Crippen molar-refractivity contribution in [3.63, 3.8) is 0 Å². The van der Waals surface area contributed by atoms with Crippen LogP contribution in [0.5, 0.6) is 0 Å². The number of rotatable bonds is 9. The smallest absolute Gasteiger partial charge is 0.176 e. The molecule has 0 spiro atoms. The first-order valence-electron chi connectivity index (χ1n) is 11.9. The van der Waals surface area contributed by atoms with Gasteiger partial charge in [0.25, 0.3) is 0 Å². The first-order valence-corrected chi connectivity index (χ1v) is 11.9. The van der Waals surface area contributed by atoms with E-state index < -0.39 is 111 Å². The van der Waals surface area contributed by atoms with E-state index in [1.54, 1.807) is 0 Å². The summed E-state index contributed by atoms with van der Waals surface area (Å²) in [4.78, 5) is 0. The molecule has 0 amide bonds. The second-order valence-electron chi connectivity index (χ2n) is 9.53. The van der Waals surface area contributed by atoms with Gasteiger partial charge in [-0.2, -0.15) is 0 Å². The molecule has 0 aromatic carbocycles. The van der Waals surface area contributed by atoms with Crippen LogP contribution in [0.25, 0.3) is 0 Å². The third-order valence-electron chi connectivity index (χ3n) is 7.08. The average molecular weight is 542 g/mol. The van der Waals surface area contributed by atoms with Crippen molar-refractivity contribution in [1.29, 1.82) is 0 Å². The van der Waals surface area contributed by atoms with Gasteiger partial charge < -0.3 is 81.7 Å². The van der Waals surface area contributed by atoms with Crippen LogP contribution in [0.3, 0.4) is 0 Å². The minimum absolute atomic E-state index is 0.0779. The topological polar surface area (TPSA) is 286 Å². The lowest BCUT2D eigenvalue weighted by atomic mass is 9.84. The van der Waals surface area contributed by atoms with Gasteiger partial charge in [-0.25, -0.2) is 0 Å². The Balaban J connectivity index is 1.77. The van der Waals surface area contributed by atoms with E-state index in [1.807, 2.05) is 0 Å². The van der Waals surface area contributed by atoms with Crippen LogP contribution in [0, 0.1) is 0 Å². The number of hydrogen-bond donors (Lipinski definition) is 11. The summed E-state index contributed by atoms with van der Waals surface area (Å²) < 4.78 is 28.0. The number of hydrogen-bond acceptors (Lipinski definition) is 16. The summed E-state index contributed by atoms with van der Waals surface area (Å²) in [6, 6.07) is -3.96. The fourth-order valence-corrected chi connectivity index (χ4v) is 4.75. The summed E-state index contributed by atoms with van der Waals surface area (Å²) in [5.41, 5.74) is 16.1. The minimum atomic E-state index is -1.70. The van der Waals surface area contributed by atoms with E-state index in [9.17, 15) is 40.9 Å². The molecule has 0 bridgehead atoms. The molecule has 37 heavy (non-hydrogen) atoms. The number of aliphatic hydroxyl groups is 8. The number of aliphatic hydroxyl groups excluding tert-OH is 8. The third kappa shape index (κ3) is 5.85. The molecule has 216 valence electrons. The van der Waals surface area contributed by atoms with Gasteiger partial charge in [0.05, 0.1) is 37.9 Å². The Kier molecular flexibility index (Phi) is 10.4. The molecular weight excluding hydrogens is 502 g/mol. The van der Waals surface area contributed by atoms with Gasteiger partial charge >= 0.3 is 0 Å². The second-order valence-corrected chi connectivity index (χ2v) is 9.53. The van der Waals surface area contributed by atoms with Gasteiger partial charge in [-0.15, -0.1) is 6.58 Å². The maximum atomic E-state index is 10.9. The van der Waals surface area contributed by atoms with E-state index in [4.69, 9.17) is 40.9 Å². The Hall–Kier alpha value is -0.900. The molecule has 16 heteroatoms. The van der Waals surface area contributed by atoms with Gasteiger partial charge in [0.1, 0.15) is 54.4 Å². The summed E-state index contributed by atoms with van der Waals surface area (Å²) in [5, 5.41) is 81.5. The van der Waals surface area contributed by atoms with E-state index in [-0.39, 0.29) is 6.42 Å². The van der Waals surface area contributed by atoms with Gasteiger partial charge in [0.15, 0.2) is 18.9 Å². The van der Waals surface area contributed by atoms with Gasteiger partial charge in [0.2, 0.25) is 0 Å². The SMILES string of the molecule is C=CC[C@]1(CO)O[C@H](OC2[C@@H](CO)O[C@@H](OC3[C@@H](CO)O[C@@H](O)[C@H](N)[C@H]3O)[C@H](N)[C@H]2O)[C@H](N)[C@@H](O)[C@@H]1O. The zero-order chi connectivity index (χ0) is 27.7. The van der Waals surface area contributed by atoms with Crippen LogP contribution in [0.15, 0.2) is 12.7 Å². The third-order valence-corrected chi connectivity index (χ3v) is 7.08. The predicted octanol–water partition coefficient (Wildman–Crippen LogP) is -6.73. The minimum Gasteiger partial charge on any atom is -0.394 e. The lowest BCUT2D eigenvalue weighted by Crippen LogP contribution is -2.71. The van der Waals surface area contributed by atoms with Gasteiger partial charge in [-0.05, 0) is 6.42 Å². The van der Waals surface area contributed by atoms with E-state index in [0.29, 0.717) is 0 Å². The molecule has 3 heterocycles. The van der Waals surface area contributed by atoms with Crippen molar-refractivity contribution >= 4 is 0 Å². The highest BCUT2D eigenvalue weighted by Crippen LogP contribution is 2.35. The molecule has 3 aliphatic heterocycles. The maximum absolute atomic E-state index is 10.9. The largest absolute Gasteiger partial charge is 0.394 e. The Morgan fingerprint density at radius 1 is 0.757 bits per heavy atom. The predicted molar refractivity (Wildman–Crippen MR) is 121 cm³/mol. The van der Waals surface area contributed by atoms with E-state index in [2.05, 4.69) is 6.58 Å². The van der Waals surface area contributed by atoms with Crippen molar-refractivity contribution in [2.45, 2.75) is 97.8 Å². The zero-order valence-corrected chi connectivity index (χ0v) is 20.0. The summed E-state index contributed by atoms with van der Waals surface area (Å²) >= 11 is 0. The summed E-state index contributed by atoms with van der Waals surface area (Å²) in [6.07, 6.45) is -14.7. The fourth-order valence-electron chi connectivity index (χ4n) is 4.75. The highest BCUT2D eigenvalue weighted by atomic mass is 16.7. The molecule has 16 nitrogen and oxygen atoms in total. The van der Waals surface area contributed by atoms with E-state index >= 15 is 0 Å². The lowest BCUT2D eigenvalue weighted by molar-refractivity contribution is -0.360. The zero-order valence-electron chi connectivity index (χ0n) is 20.0. The standard InChI is InChI=1S/C21H39N3O13/c1-2-3-21(6-27)17(31)14(30)11(24)20(37-21)36-16-8(5-26)34-19(10(23)13(16)29)35-15-7(4-25)33-18(32)9(22)12(15)28/h2,7-20,25-32H,1,3-6,22-24H2/t7-,8-,9-,10-,11-,12-,13-,14-,15?,16?,17+,18-,19+,20+,21-/m1/s1. The van der Waals surface area contributed by atoms with E-state index in [1.165, 1.54) is 6.08 Å². The molecule has 14 N–H and O–H groups in total. The summed E-state index contributed by atoms with van der Waals surface area (Å²) in [5.74, 6) is 0. The molecule has 0 aromatic heterocycles. The Morgan fingerprint density at radius 2 is 1.27 bits per heavy atom. The van der Waals surface area contributed by atoms with Crippen LogP contribution in [0.4, 0.5) is 0 Å². The van der Waals surface area contributed by atoms with Gasteiger partial charge in [-0.3, -0.25) is 0 Å². The molecule has 3 aliphatic rings. The monoisotopic (exact) mass is 541 g/mol. The molecular formula is C21H39N3O13. The van der Waals surface area contributed by atoms with Crippen LogP contribution in [-0.4, -0.2) is 152 Å². The molecule has 3 saturated heterocycles. The van der Waals surface area contributed by atoms with Gasteiger partial charge in [-0.1, -0.05) is 6.08 Å². The summed E-state index contributed by atoms with van der Waals surface area (Å²) in [7, 11) is 0. The van der Waals surface area contributed by atoms with Crippen LogP contribution >= 0.6 is 0 Å². The summed E-state index contributed by atoms with van der Waals surface area (Å²) in [6.45, 7) is 1.45. The molecule has 2 unspecified atom stereocenters. The van der Waals surface area contributed by atoms with Crippen LogP contribution in [0.1, 0.15) is 6.42 Å². The highest BCUT2D eigenvalue weighted by Gasteiger charge is 2.55.